The number of pyridine rings is 1. The maximum atomic E-state index is 4.50. The van der Waals surface area contributed by atoms with Gasteiger partial charge in [0.05, 0.1) is 0 Å². The molecule has 3 rings (SSSR count). The zero-order valence-corrected chi connectivity index (χ0v) is 10.6. The second-order valence-electron chi connectivity index (χ2n) is 5.20. The maximum absolute atomic E-state index is 4.50. The predicted molar refractivity (Wildman–Crippen MR) is 72.4 cm³/mol. The van der Waals surface area contributed by atoms with Gasteiger partial charge < -0.3 is 5.32 Å². The molecule has 4 heteroatoms. The van der Waals surface area contributed by atoms with Crippen LogP contribution in [-0.4, -0.2) is 21.0 Å². The molecule has 0 spiro atoms. The highest BCUT2D eigenvalue weighted by Crippen LogP contribution is 2.25. The van der Waals surface area contributed by atoms with Crippen LogP contribution in [0, 0.1) is 5.92 Å². The molecule has 2 heterocycles. The van der Waals surface area contributed by atoms with Gasteiger partial charge in [-0.2, -0.15) is 0 Å². The third-order valence-electron chi connectivity index (χ3n) is 3.70. The first-order valence-electron chi connectivity index (χ1n) is 6.65. The van der Waals surface area contributed by atoms with E-state index in [2.05, 4.69) is 27.2 Å². The molecule has 1 N–H and O–H groups in total. The summed E-state index contributed by atoms with van der Waals surface area (Å²) in [5.41, 5.74) is 1.56. The van der Waals surface area contributed by atoms with Crippen LogP contribution < -0.4 is 5.32 Å². The number of fused-ring (bicyclic) bond motifs is 1. The molecule has 0 aromatic carbocycles. The first-order chi connectivity index (χ1) is 8.81. The van der Waals surface area contributed by atoms with Crippen molar-refractivity contribution in [2.24, 2.45) is 5.92 Å². The van der Waals surface area contributed by atoms with Crippen LogP contribution in [0.5, 0.6) is 0 Å². The van der Waals surface area contributed by atoms with Gasteiger partial charge in [-0.3, -0.25) is 4.98 Å². The van der Waals surface area contributed by atoms with Crippen LogP contribution in [0.3, 0.4) is 0 Å². The van der Waals surface area contributed by atoms with Gasteiger partial charge in [0.15, 0.2) is 5.65 Å². The van der Waals surface area contributed by atoms with E-state index in [1.165, 1.54) is 25.7 Å². The Bertz CT molecular complexity index is 532. The summed E-state index contributed by atoms with van der Waals surface area (Å²) in [7, 11) is 0. The van der Waals surface area contributed by atoms with Crippen molar-refractivity contribution in [2.75, 3.05) is 5.32 Å². The Balaban J connectivity index is 1.74. The van der Waals surface area contributed by atoms with E-state index in [4.69, 9.17) is 0 Å². The van der Waals surface area contributed by atoms with Crippen molar-refractivity contribution in [3.05, 3.63) is 24.5 Å². The smallest absolute Gasteiger partial charge is 0.180 e. The van der Waals surface area contributed by atoms with Crippen molar-refractivity contribution in [1.82, 2.24) is 15.0 Å². The number of hydrogen-bond acceptors (Lipinski definition) is 4. The fraction of sp³-hybridized carbons (Fsp3) is 0.500. The molecule has 0 atom stereocenters. The number of rotatable bonds is 2. The zero-order chi connectivity index (χ0) is 12.4. The first kappa shape index (κ1) is 11.4. The average Bonchev–Trinajstić information content (AvgIpc) is 2.41. The lowest BCUT2D eigenvalue weighted by Gasteiger charge is -2.27. The van der Waals surface area contributed by atoms with E-state index < -0.39 is 0 Å². The molecule has 0 aliphatic heterocycles. The summed E-state index contributed by atoms with van der Waals surface area (Å²) in [6, 6.07) is 4.53. The van der Waals surface area contributed by atoms with E-state index in [1.54, 1.807) is 12.4 Å². The molecule has 2 aromatic rings. The van der Waals surface area contributed by atoms with Crippen molar-refractivity contribution in [2.45, 2.75) is 38.6 Å². The summed E-state index contributed by atoms with van der Waals surface area (Å²) >= 11 is 0. The molecular formula is C14H18N4. The highest BCUT2D eigenvalue weighted by molar-refractivity contribution is 5.71. The van der Waals surface area contributed by atoms with Gasteiger partial charge in [0.25, 0.3) is 0 Å². The Morgan fingerprint density at radius 2 is 1.83 bits per heavy atom. The average molecular weight is 242 g/mol. The van der Waals surface area contributed by atoms with Crippen LogP contribution in [-0.2, 0) is 0 Å². The predicted octanol–water partition coefficient (Wildman–Crippen LogP) is 3.02. The monoisotopic (exact) mass is 242 g/mol. The van der Waals surface area contributed by atoms with Crippen LogP contribution in [0.15, 0.2) is 24.5 Å². The standard InChI is InChI=1S/C14H18N4/c1-10-2-4-11(5-3-10)17-13-7-6-12-14(18-13)16-9-8-15-12/h6-11H,2-5H2,1H3,(H,16,17,18). The van der Waals surface area contributed by atoms with Crippen molar-refractivity contribution in [1.29, 1.82) is 0 Å². The molecule has 1 aliphatic rings. The minimum absolute atomic E-state index is 0.558. The fourth-order valence-electron chi connectivity index (χ4n) is 2.55. The molecule has 4 nitrogen and oxygen atoms in total. The molecule has 94 valence electrons. The molecule has 0 radical (unpaired) electrons. The zero-order valence-electron chi connectivity index (χ0n) is 10.6. The van der Waals surface area contributed by atoms with Gasteiger partial charge in [-0.1, -0.05) is 6.92 Å². The SMILES string of the molecule is CC1CCC(Nc2ccc3nccnc3n2)CC1. The van der Waals surface area contributed by atoms with E-state index in [1.807, 2.05) is 12.1 Å². The van der Waals surface area contributed by atoms with E-state index in [0.717, 1.165) is 17.3 Å². The molecule has 1 aliphatic carbocycles. The first-order valence-corrected chi connectivity index (χ1v) is 6.65. The molecule has 0 unspecified atom stereocenters. The Labute approximate surface area is 107 Å². The lowest BCUT2D eigenvalue weighted by molar-refractivity contribution is 0.361. The maximum Gasteiger partial charge on any atom is 0.180 e. The third kappa shape index (κ3) is 2.42. The topological polar surface area (TPSA) is 50.7 Å². The number of nitrogens with one attached hydrogen (secondary N) is 1. The minimum atomic E-state index is 0.558. The van der Waals surface area contributed by atoms with Gasteiger partial charge in [-0.05, 0) is 43.7 Å². The van der Waals surface area contributed by atoms with Crippen LogP contribution in [0.4, 0.5) is 5.82 Å². The highest BCUT2D eigenvalue weighted by Gasteiger charge is 2.18. The van der Waals surface area contributed by atoms with Crippen molar-refractivity contribution in [3.63, 3.8) is 0 Å². The van der Waals surface area contributed by atoms with Gasteiger partial charge in [0.1, 0.15) is 11.3 Å². The van der Waals surface area contributed by atoms with E-state index >= 15 is 0 Å². The fourth-order valence-corrected chi connectivity index (χ4v) is 2.55. The van der Waals surface area contributed by atoms with E-state index in [0.29, 0.717) is 11.7 Å². The quantitative estimate of drug-likeness (QED) is 0.879. The highest BCUT2D eigenvalue weighted by atomic mass is 15.0. The van der Waals surface area contributed by atoms with E-state index in [9.17, 15) is 0 Å². The molecule has 2 aromatic heterocycles. The third-order valence-corrected chi connectivity index (χ3v) is 3.70. The molecule has 0 saturated heterocycles. The van der Waals surface area contributed by atoms with Gasteiger partial charge in [-0.25, -0.2) is 9.97 Å². The molecule has 0 bridgehead atoms. The largest absolute Gasteiger partial charge is 0.367 e. The van der Waals surface area contributed by atoms with Crippen LogP contribution in [0.25, 0.3) is 11.2 Å². The lowest BCUT2D eigenvalue weighted by atomic mass is 9.87. The summed E-state index contributed by atoms with van der Waals surface area (Å²) in [5, 5.41) is 3.51. The van der Waals surface area contributed by atoms with Gasteiger partial charge in [-0.15, -0.1) is 0 Å². The van der Waals surface area contributed by atoms with Crippen LogP contribution in [0.2, 0.25) is 0 Å². The Morgan fingerprint density at radius 1 is 1.06 bits per heavy atom. The second-order valence-corrected chi connectivity index (χ2v) is 5.20. The van der Waals surface area contributed by atoms with Gasteiger partial charge in [0, 0.05) is 18.4 Å². The molecule has 1 saturated carbocycles. The minimum Gasteiger partial charge on any atom is -0.367 e. The molecular weight excluding hydrogens is 224 g/mol. The van der Waals surface area contributed by atoms with Gasteiger partial charge in [0.2, 0.25) is 0 Å². The molecule has 0 amide bonds. The van der Waals surface area contributed by atoms with Crippen molar-refractivity contribution < 1.29 is 0 Å². The summed E-state index contributed by atoms with van der Waals surface area (Å²) in [6.45, 7) is 2.33. The second kappa shape index (κ2) is 4.88. The normalized spacial score (nSPS) is 24.1. The van der Waals surface area contributed by atoms with Crippen LogP contribution >= 0.6 is 0 Å². The van der Waals surface area contributed by atoms with Crippen molar-refractivity contribution in [3.8, 4) is 0 Å². The number of aromatic nitrogens is 3. The van der Waals surface area contributed by atoms with Crippen LogP contribution in [0.1, 0.15) is 32.6 Å². The van der Waals surface area contributed by atoms with Crippen molar-refractivity contribution >= 4 is 17.0 Å². The number of nitrogens with zero attached hydrogens (tertiary/aromatic N) is 3. The summed E-state index contributed by atoms with van der Waals surface area (Å²) in [6.07, 6.45) is 8.47. The lowest BCUT2D eigenvalue weighted by Crippen LogP contribution is -2.25. The summed E-state index contributed by atoms with van der Waals surface area (Å²) in [4.78, 5) is 13.0. The Morgan fingerprint density at radius 3 is 2.67 bits per heavy atom. The number of hydrogen-bond donors (Lipinski definition) is 1. The van der Waals surface area contributed by atoms with Gasteiger partial charge >= 0.3 is 0 Å². The molecule has 1 fully saturated rings. The molecule has 18 heavy (non-hydrogen) atoms. The summed E-state index contributed by atoms with van der Waals surface area (Å²) < 4.78 is 0. The Hall–Kier alpha value is -1.71. The summed E-state index contributed by atoms with van der Waals surface area (Å²) in [5.74, 6) is 1.79. The number of anilines is 1. The van der Waals surface area contributed by atoms with E-state index in [-0.39, 0.29) is 0 Å². The Kier molecular flexibility index (Phi) is 3.09.